The number of hydrogen-bond acceptors (Lipinski definition) is 3. The van der Waals surface area contributed by atoms with Crippen LogP contribution in [0.25, 0.3) is 0 Å². The standard InChI is InChI=1S/C14H22FN3/c1-10-7-11(2)18(9-10)6-5-13(16)14-4-3-12(15)8-17-14/h3-4,8,10-11,13H,5-7,9,16H2,1-2H3. The third-order valence-electron chi connectivity index (χ3n) is 3.77. The van der Waals surface area contributed by atoms with Gasteiger partial charge in [0.15, 0.2) is 0 Å². The summed E-state index contributed by atoms with van der Waals surface area (Å²) >= 11 is 0. The minimum absolute atomic E-state index is 0.103. The monoisotopic (exact) mass is 251 g/mol. The summed E-state index contributed by atoms with van der Waals surface area (Å²) in [6.45, 7) is 6.71. The second kappa shape index (κ2) is 5.76. The Hall–Kier alpha value is -1.00. The number of pyridine rings is 1. The summed E-state index contributed by atoms with van der Waals surface area (Å²) < 4.78 is 12.8. The second-order valence-electron chi connectivity index (χ2n) is 5.48. The van der Waals surface area contributed by atoms with Crippen molar-refractivity contribution in [3.63, 3.8) is 0 Å². The minimum atomic E-state index is -0.312. The fourth-order valence-electron chi connectivity index (χ4n) is 2.76. The number of halogens is 1. The van der Waals surface area contributed by atoms with E-state index < -0.39 is 0 Å². The van der Waals surface area contributed by atoms with Gasteiger partial charge in [0.2, 0.25) is 0 Å². The number of nitrogens with zero attached hydrogens (tertiary/aromatic N) is 2. The van der Waals surface area contributed by atoms with E-state index in [1.807, 2.05) is 0 Å². The molecule has 3 nitrogen and oxygen atoms in total. The zero-order valence-electron chi connectivity index (χ0n) is 11.1. The molecule has 1 aliphatic heterocycles. The molecular formula is C14H22FN3. The van der Waals surface area contributed by atoms with E-state index in [0.717, 1.165) is 31.1 Å². The average molecular weight is 251 g/mol. The van der Waals surface area contributed by atoms with Gasteiger partial charge in [-0.2, -0.15) is 0 Å². The Bertz CT molecular complexity index is 379. The highest BCUT2D eigenvalue weighted by atomic mass is 19.1. The summed E-state index contributed by atoms with van der Waals surface area (Å²) in [6.07, 6.45) is 3.37. The lowest BCUT2D eigenvalue weighted by atomic mass is 10.1. The van der Waals surface area contributed by atoms with Gasteiger partial charge in [-0.25, -0.2) is 4.39 Å². The lowest BCUT2D eigenvalue weighted by molar-refractivity contribution is 0.254. The third kappa shape index (κ3) is 3.27. The summed E-state index contributed by atoms with van der Waals surface area (Å²) in [5, 5.41) is 0. The van der Waals surface area contributed by atoms with Crippen molar-refractivity contribution in [3.8, 4) is 0 Å². The van der Waals surface area contributed by atoms with Crippen LogP contribution in [0.2, 0.25) is 0 Å². The normalized spacial score (nSPS) is 26.4. The number of nitrogens with two attached hydrogens (primary N) is 1. The van der Waals surface area contributed by atoms with Crippen LogP contribution in [-0.2, 0) is 0 Å². The highest BCUT2D eigenvalue weighted by Gasteiger charge is 2.26. The highest BCUT2D eigenvalue weighted by Crippen LogP contribution is 2.23. The first-order valence-electron chi connectivity index (χ1n) is 6.67. The van der Waals surface area contributed by atoms with E-state index in [1.54, 1.807) is 6.07 Å². The van der Waals surface area contributed by atoms with E-state index in [2.05, 4.69) is 23.7 Å². The predicted octanol–water partition coefficient (Wildman–Crippen LogP) is 2.34. The molecule has 2 N–H and O–H groups in total. The molecule has 0 amide bonds. The molecule has 0 aliphatic carbocycles. The topological polar surface area (TPSA) is 42.1 Å². The molecular weight excluding hydrogens is 229 g/mol. The molecule has 2 rings (SSSR count). The van der Waals surface area contributed by atoms with Crippen LogP contribution in [0.4, 0.5) is 4.39 Å². The van der Waals surface area contributed by atoms with Crippen molar-refractivity contribution in [2.75, 3.05) is 13.1 Å². The number of aromatic nitrogens is 1. The fraction of sp³-hybridized carbons (Fsp3) is 0.643. The van der Waals surface area contributed by atoms with E-state index in [9.17, 15) is 4.39 Å². The summed E-state index contributed by atoms with van der Waals surface area (Å²) in [5.74, 6) is 0.466. The molecule has 0 saturated carbocycles. The van der Waals surface area contributed by atoms with Crippen molar-refractivity contribution < 1.29 is 4.39 Å². The molecule has 0 spiro atoms. The molecule has 3 unspecified atom stereocenters. The zero-order valence-corrected chi connectivity index (χ0v) is 11.1. The smallest absolute Gasteiger partial charge is 0.141 e. The van der Waals surface area contributed by atoms with Gasteiger partial charge in [-0.1, -0.05) is 6.92 Å². The van der Waals surface area contributed by atoms with Crippen molar-refractivity contribution in [1.82, 2.24) is 9.88 Å². The fourth-order valence-corrected chi connectivity index (χ4v) is 2.76. The van der Waals surface area contributed by atoms with E-state index >= 15 is 0 Å². The first-order valence-corrected chi connectivity index (χ1v) is 6.67. The maximum atomic E-state index is 12.8. The molecule has 0 bridgehead atoms. The van der Waals surface area contributed by atoms with E-state index in [0.29, 0.717) is 6.04 Å². The molecule has 1 aliphatic rings. The van der Waals surface area contributed by atoms with Gasteiger partial charge in [0, 0.05) is 25.2 Å². The molecule has 3 atom stereocenters. The molecule has 100 valence electrons. The summed E-state index contributed by atoms with van der Waals surface area (Å²) in [6, 6.07) is 3.64. The Morgan fingerprint density at radius 1 is 1.50 bits per heavy atom. The first-order chi connectivity index (χ1) is 8.56. The van der Waals surface area contributed by atoms with E-state index in [1.165, 1.54) is 18.7 Å². The molecule has 1 aromatic heterocycles. The highest BCUT2D eigenvalue weighted by molar-refractivity contribution is 5.09. The van der Waals surface area contributed by atoms with Crippen molar-refractivity contribution >= 4 is 0 Å². The third-order valence-corrected chi connectivity index (χ3v) is 3.77. The van der Waals surface area contributed by atoms with Crippen molar-refractivity contribution in [2.45, 2.75) is 38.8 Å². The molecule has 0 radical (unpaired) electrons. The van der Waals surface area contributed by atoms with Crippen LogP contribution in [0.5, 0.6) is 0 Å². The van der Waals surface area contributed by atoms with Gasteiger partial charge >= 0.3 is 0 Å². The van der Waals surface area contributed by atoms with Crippen LogP contribution in [-0.4, -0.2) is 29.0 Å². The lowest BCUT2D eigenvalue weighted by Crippen LogP contribution is -2.30. The quantitative estimate of drug-likeness (QED) is 0.893. The van der Waals surface area contributed by atoms with Crippen molar-refractivity contribution in [3.05, 3.63) is 29.8 Å². The Balaban J connectivity index is 1.84. The number of rotatable bonds is 4. The molecule has 2 heterocycles. The zero-order chi connectivity index (χ0) is 13.1. The van der Waals surface area contributed by atoms with Crippen LogP contribution in [0.1, 0.15) is 38.4 Å². The summed E-state index contributed by atoms with van der Waals surface area (Å²) in [5.41, 5.74) is 6.87. The number of hydrogen-bond donors (Lipinski definition) is 1. The van der Waals surface area contributed by atoms with E-state index in [-0.39, 0.29) is 11.9 Å². The van der Waals surface area contributed by atoms with Crippen molar-refractivity contribution in [1.29, 1.82) is 0 Å². The molecule has 1 saturated heterocycles. The Morgan fingerprint density at radius 2 is 2.28 bits per heavy atom. The SMILES string of the molecule is CC1CC(C)N(CCC(N)c2ccc(F)cn2)C1. The van der Waals surface area contributed by atoms with Gasteiger partial charge in [0.1, 0.15) is 5.82 Å². The Morgan fingerprint density at radius 3 is 2.83 bits per heavy atom. The van der Waals surface area contributed by atoms with Gasteiger partial charge in [0.05, 0.1) is 11.9 Å². The lowest BCUT2D eigenvalue weighted by Gasteiger charge is -2.22. The van der Waals surface area contributed by atoms with Crippen LogP contribution < -0.4 is 5.73 Å². The second-order valence-corrected chi connectivity index (χ2v) is 5.48. The first kappa shape index (κ1) is 13.4. The van der Waals surface area contributed by atoms with Gasteiger partial charge in [-0.15, -0.1) is 0 Å². The van der Waals surface area contributed by atoms with Crippen LogP contribution in [0.15, 0.2) is 18.3 Å². The van der Waals surface area contributed by atoms with Gasteiger partial charge < -0.3 is 10.6 Å². The molecule has 1 fully saturated rings. The summed E-state index contributed by atoms with van der Waals surface area (Å²) in [7, 11) is 0. The molecule has 1 aromatic rings. The van der Waals surface area contributed by atoms with Crippen molar-refractivity contribution in [2.24, 2.45) is 11.7 Å². The predicted molar refractivity (Wildman–Crippen MR) is 70.6 cm³/mol. The molecule has 18 heavy (non-hydrogen) atoms. The van der Waals surface area contributed by atoms with Gasteiger partial charge in [-0.05, 0) is 37.8 Å². The van der Waals surface area contributed by atoms with Gasteiger partial charge in [0.25, 0.3) is 0 Å². The number of likely N-dealkylation sites (tertiary alicyclic amines) is 1. The molecule has 0 aromatic carbocycles. The Labute approximate surface area is 108 Å². The molecule has 4 heteroatoms. The maximum absolute atomic E-state index is 12.8. The summed E-state index contributed by atoms with van der Waals surface area (Å²) in [4.78, 5) is 6.52. The van der Waals surface area contributed by atoms with Crippen LogP contribution in [0.3, 0.4) is 0 Å². The minimum Gasteiger partial charge on any atom is -0.323 e. The largest absolute Gasteiger partial charge is 0.323 e. The van der Waals surface area contributed by atoms with Crippen LogP contribution >= 0.6 is 0 Å². The van der Waals surface area contributed by atoms with E-state index in [4.69, 9.17) is 5.73 Å². The van der Waals surface area contributed by atoms with Gasteiger partial charge in [-0.3, -0.25) is 4.98 Å². The Kier molecular flexibility index (Phi) is 4.30. The maximum Gasteiger partial charge on any atom is 0.141 e. The van der Waals surface area contributed by atoms with Crippen LogP contribution in [0, 0.1) is 11.7 Å². The average Bonchev–Trinajstić information content (AvgIpc) is 2.66.